The van der Waals surface area contributed by atoms with Crippen molar-refractivity contribution < 1.29 is 4.74 Å². The van der Waals surface area contributed by atoms with Gasteiger partial charge in [0.2, 0.25) is 0 Å². The van der Waals surface area contributed by atoms with E-state index >= 15 is 0 Å². The van der Waals surface area contributed by atoms with Crippen LogP contribution in [0.4, 0.5) is 11.5 Å². The molecule has 1 aliphatic rings. The summed E-state index contributed by atoms with van der Waals surface area (Å²) >= 11 is 0. The Morgan fingerprint density at radius 3 is 2.85 bits per heavy atom. The Bertz CT molecular complexity index is 928. The second-order valence-electron chi connectivity index (χ2n) is 6.93. The molecule has 1 aromatic carbocycles. The molecule has 7 heteroatoms. The molecule has 0 aliphatic carbocycles. The highest BCUT2D eigenvalue weighted by molar-refractivity contribution is 5.76. The largest absolute Gasteiger partial charge is 0.494 e. The lowest BCUT2D eigenvalue weighted by Crippen LogP contribution is -2.38. The van der Waals surface area contributed by atoms with Gasteiger partial charge in [0.05, 0.1) is 24.2 Å². The molecule has 142 valence electrons. The molecular formula is C20H26N6O. The van der Waals surface area contributed by atoms with E-state index in [9.17, 15) is 0 Å². The van der Waals surface area contributed by atoms with E-state index < -0.39 is 0 Å². The minimum Gasteiger partial charge on any atom is -0.494 e. The third-order valence-corrected chi connectivity index (χ3v) is 4.99. The molecule has 1 unspecified atom stereocenters. The number of anilines is 2. The normalized spacial score (nSPS) is 17.2. The van der Waals surface area contributed by atoms with Crippen molar-refractivity contribution in [1.29, 1.82) is 0 Å². The monoisotopic (exact) mass is 366 g/mol. The quantitative estimate of drug-likeness (QED) is 0.643. The van der Waals surface area contributed by atoms with Crippen molar-refractivity contribution in [2.75, 3.05) is 30.7 Å². The standard InChI is InChI=1S/C20H26N6O/c1-3-27-16-8-6-14(7-9-16)17-12-26-20(24-17)18(21)13(2)19(25-26)23-15-5-4-10-22-11-15/h6-9,12,15,22H,3-5,10-11,21H2,1-2H3,(H,23,25). The predicted octanol–water partition coefficient (Wildman–Crippen LogP) is 2.85. The zero-order chi connectivity index (χ0) is 18.8. The second-order valence-corrected chi connectivity index (χ2v) is 6.93. The zero-order valence-electron chi connectivity index (χ0n) is 15.8. The van der Waals surface area contributed by atoms with Crippen LogP contribution < -0.4 is 21.1 Å². The predicted molar refractivity (Wildman–Crippen MR) is 108 cm³/mol. The molecule has 0 bridgehead atoms. The summed E-state index contributed by atoms with van der Waals surface area (Å²) in [5, 5.41) is 11.7. The molecule has 3 aromatic rings. The molecule has 0 amide bonds. The molecule has 7 nitrogen and oxygen atoms in total. The van der Waals surface area contributed by atoms with Crippen LogP contribution in [0.3, 0.4) is 0 Å². The van der Waals surface area contributed by atoms with Gasteiger partial charge < -0.3 is 21.1 Å². The van der Waals surface area contributed by atoms with Gasteiger partial charge in [-0.3, -0.25) is 0 Å². The minimum atomic E-state index is 0.371. The smallest absolute Gasteiger partial charge is 0.177 e. The first-order chi connectivity index (χ1) is 13.2. The Morgan fingerprint density at radius 1 is 1.33 bits per heavy atom. The highest BCUT2D eigenvalue weighted by atomic mass is 16.5. The van der Waals surface area contributed by atoms with E-state index in [4.69, 9.17) is 20.6 Å². The number of nitrogens with zero attached hydrogens (tertiary/aromatic N) is 3. The summed E-state index contributed by atoms with van der Waals surface area (Å²) in [7, 11) is 0. The van der Waals surface area contributed by atoms with Crippen LogP contribution in [0.5, 0.6) is 5.75 Å². The van der Waals surface area contributed by atoms with Gasteiger partial charge in [-0.15, -0.1) is 5.10 Å². The molecule has 1 atom stereocenters. The molecule has 4 rings (SSSR count). The van der Waals surface area contributed by atoms with E-state index in [0.717, 1.165) is 47.9 Å². The molecule has 2 aromatic heterocycles. The van der Waals surface area contributed by atoms with Gasteiger partial charge in [-0.1, -0.05) is 0 Å². The second kappa shape index (κ2) is 7.44. The van der Waals surface area contributed by atoms with E-state index in [0.29, 0.717) is 24.0 Å². The van der Waals surface area contributed by atoms with Crippen LogP contribution in [0.25, 0.3) is 16.9 Å². The highest BCUT2D eigenvalue weighted by Gasteiger charge is 2.18. The van der Waals surface area contributed by atoms with Gasteiger partial charge in [-0.25, -0.2) is 9.50 Å². The minimum absolute atomic E-state index is 0.371. The lowest BCUT2D eigenvalue weighted by Gasteiger charge is -2.25. The number of nitrogens with two attached hydrogens (primary N) is 1. The van der Waals surface area contributed by atoms with Gasteiger partial charge >= 0.3 is 0 Å². The van der Waals surface area contributed by atoms with Crippen LogP contribution in [0.2, 0.25) is 0 Å². The first-order valence-corrected chi connectivity index (χ1v) is 9.51. The van der Waals surface area contributed by atoms with Crippen molar-refractivity contribution in [1.82, 2.24) is 19.9 Å². The maximum atomic E-state index is 6.38. The lowest BCUT2D eigenvalue weighted by atomic mass is 10.1. The summed E-state index contributed by atoms with van der Waals surface area (Å²) in [5.74, 6) is 1.68. The third-order valence-electron chi connectivity index (χ3n) is 4.99. The van der Waals surface area contributed by atoms with Crippen molar-refractivity contribution >= 4 is 17.2 Å². The van der Waals surface area contributed by atoms with E-state index in [1.54, 1.807) is 4.52 Å². The van der Waals surface area contributed by atoms with Crippen molar-refractivity contribution in [3.63, 3.8) is 0 Å². The molecule has 0 radical (unpaired) electrons. The van der Waals surface area contributed by atoms with E-state index in [-0.39, 0.29) is 0 Å². The van der Waals surface area contributed by atoms with Gasteiger partial charge in [-0.2, -0.15) is 0 Å². The average Bonchev–Trinajstić information content (AvgIpc) is 3.12. The zero-order valence-corrected chi connectivity index (χ0v) is 15.8. The van der Waals surface area contributed by atoms with Crippen LogP contribution in [0.15, 0.2) is 30.5 Å². The maximum Gasteiger partial charge on any atom is 0.177 e. The van der Waals surface area contributed by atoms with Crippen LogP contribution in [-0.2, 0) is 0 Å². The fraction of sp³-hybridized carbons (Fsp3) is 0.400. The molecule has 3 heterocycles. The van der Waals surface area contributed by atoms with Crippen LogP contribution in [0, 0.1) is 6.92 Å². The van der Waals surface area contributed by atoms with Gasteiger partial charge in [0.1, 0.15) is 5.75 Å². The summed E-state index contributed by atoms with van der Waals surface area (Å²) in [6, 6.07) is 8.28. The molecular weight excluding hydrogens is 340 g/mol. The number of rotatable bonds is 5. The SMILES string of the molecule is CCOc1ccc(-c2cn3nc(NC4CCCNC4)c(C)c(N)c3n2)cc1. The number of aromatic nitrogens is 3. The Labute approximate surface area is 158 Å². The van der Waals surface area contributed by atoms with Gasteiger partial charge in [0.15, 0.2) is 11.5 Å². The average molecular weight is 366 g/mol. The number of piperidine rings is 1. The number of nitrogen functional groups attached to an aromatic ring is 1. The van der Waals surface area contributed by atoms with Crippen molar-refractivity contribution in [3.8, 4) is 17.0 Å². The number of nitrogens with one attached hydrogen (secondary N) is 2. The van der Waals surface area contributed by atoms with Gasteiger partial charge in [-0.05, 0) is 57.5 Å². The Hall–Kier alpha value is -2.80. The van der Waals surface area contributed by atoms with Gasteiger partial charge in [0, 0.05) is 23.7 Å². The van der Waals surface area contributed by atoms with E-state index in [2.05, 4.69) is 10.6 Å². The van der Waals surface area contributed by atoms with Crippen LogP contribution in [0.1, 0.15) is 25.3 Å². The summed E-state index contributed by atoms with van der Waals surface area (Å²) < 4.78 is 7.28. The highest BCUT2D eigenvalue weighted by Crippen LogP contribution is 2.28. The number of hydrogen-bond donors (Lipinski definition) is 3. The lowest BCUT2D eigenvalue weighted by molar-refractivity contribution is 0.340. The van der Waals surface area contributed by atoms with Crippen LogP contribution >= 0.6 is 0 Å². The topological polar surface area (TPSA) is 89.5 Å². The number of hydrogen-bond acceptors (Lipinski definition) is 6. The first-order valence-electron chi connectivity index (χ1n) is 9.51. The van der Waals surface area contributed by atoms with E-state index in [1.165, 1.54) is 6.42 Å². The fourth-order valence-corrected chi connectivity index (χ4v) is 3.44. The molecule has 0 saturated carbocycles. The van der Waals surface area contributed by atoms with Crippen molar-refractivity contribution in [2.24, 2.45) is 0 Å². The molecule has 27 heavy (non-hydrogen) atoms. The Kier molecular flexibility index (Phi) is 4.85. The Balaban J connectivity index is 1.66. The van der Waals surface area contributed by atoms with E-state index in [1.807, 2.05) is 44.3 Å². The van der Waals surface area contributed by atoms with Crippen molar-refractivity contribution in [2.45, 2.75) is 32.7 Å². The number of benzene rings is 1. The fourth-order valence-electron chi connectivity index (χ4n) is 3.44. The number of fused-ring (bicyclic) bond motifs is 1. The van der Waals surface area contributed by atoms with Crippen LogP contribution in [-0.4, -0.2) is 40.3 Å². The molecule has 1 fully saturated rings. The summed E-state index contributed by atoms with van der Waals surface area (Å²) in [4.78, 5) is 4.70. The molecule has 1 aliphatic heterocycles. The summed E-state index contributed by atoms with van der Waals surface area (Å²) in [6.45, 7) is 6.65. The van der Waals surface area contributed by atoms with Gasteiger partial charge in [0.25, 0.3) is 0 Å². The molecule has 0 spiro atoms. The van der Waals surface area contributed by atoms with Crippen molar-refractivity contribution in [3.05, 3.63) is 36.0 Å². The molecule has 1 saturated heterocycles. The summed E-state index contributed by atoms with van der Waals surface area (Å²) in [5.41, 5.74) is 10.5. The first kappa shape index (κ1) is 17.6. The third kappa shape index (κ3) is 3.55. The summed E-state index contributed by atoms with van der Waals surface area (Å²) in [6.07, 6.45) is 4.22. The molecule has 4 N–H and O–H groups in total. The number of ether oxygens (including phenoxy) is 1. The maximum absolute atomic E-state index is 6.38. The Morgan fingerprint density at radius 2 is 2.15 bits per heavy atom. The number of imidazole rings is 1.